The fraction of sp³-hybridized carbons (Fsp3) is 0.207. The van der Waals surface area contributed by atoms with E-state index in [9.17, 15) is 9.59 Å². The minimum absolute atomic E-state index is 0.173. The van der Waals surface area contributed by atoms with Crippen molar-refractivity contribution in [1.82, 2.24) is 0 Å². The predicted molar refractivity (Wildman–Crippen MR) is 156 cm³/mol. The van der Waals surface area contributed by atoms with E-state index in [0.29, 0.717) is 39.6 Å². The summed E-state index contributed by atoms with van der Waals surface area (Å²) >= 11 is 6.73. The number of hydrogen-bond donors (Lipinski definition) is 1. The zero-order chi connectivity index (χ0) is 27.1. The molecule has 2 amide bonds. The van der Waals surface area contributed by atoms with Gasteiger partial charge < -0.3 is 19.5 Å². The number of benzene rings is 3. The number of nitrogens with zero attached hydrogens (tertiary/aromatic N) is 1. The molecule has 0 bridgehead atoms. The lowest BCUT2D eigenvalue weighted by molar-refractivity contribution is -0.118. The number of thiocarbonyl (C=S) groups is 1. The second-order valence-electron chi connectivity index (χ2n) is 8.29. The molecular weight excluding hydrogens is 520 g/mol. The predicted octanol–water partition coefficient (Wildman–Crippen LogP) is 6.22. The van der Waals surface area contributed by atoms with E-state index in [1.54, 1.807) is 48.5 Å². The Hall–Kier alpha value is -3.82. The molecule has 4 rings (SSSR count). The Morgan fingerprint density at radius 2 is 1.66 bits per heavy atom. The third-order valence-electron chi connectivity index (χ3n) is 5.46. The molecule has 0 unspecified atom stereocenters. The molecule has 0 spiro atoms. The van der Waals surface area contributed by atoms with E-state index in [1.165, 1.54) is 16.7 Å². The maximum Gasteiger partial charge on any atom is 0.270 e. The summed E-state index contributed by atoms with van der Waals surface area (Å²) in [4.78, 5) is 27.6. The molecule has 1 aliphatic rings. The van der Waals surface area contributed by atoms with Crippen LogP contribution in [0.1, 0.15) is 25.0 Å². The second kappa shape index (κ2) is 12.6. The molecule has 3 aromatic carbocycles. The number of carbonyl (C=O) groups excluding carboxylic acids is 2. The van der Waals surface area contributed by atoms with Crippen LogP contribution in [0.3, 0.4) is 0 Å². The normalized spacial score (nSPS) is 14.1. The van der Waals surface area contributed by atoms with Gasteiger partial charge in [0, 0.05) is 5.69 Å². The Morgan fingerprint density at radius 3 is 2.34 bits per heavy atom. The number of thioether (sulfide) groups is 1. The van der Waals surface area contributed by atoms with Gasteiger partial charge in [-0.1, -0.05) is 47.7 Å². The van der Waals surface area contributed by atoms with Crippen LogP contribution < -0.4 is 24.4 Å². The molecule has 9 heteroatoms. The summed E-state index contributed by atoms with van der Waals surface area (Å²) in [5, 5.41) is 2.80. The van der Waals surface area contributed by atoms with Gasteiger partial charge in [0.25, 0.3) is 11.8 Å². The maximum absolute atomic E-state index is 13.1. The van der Waals surface area contributed by atoms with Crippen LogP contribution in [0.25, 0.3) is 6.08 Å². The zero-order valence-corrected chi connectivity index (χ0v) is 23.0. The molecule has 7 nitrogen and oxygen atoms in total. The molecule has 0 radical (unpaired) electrons. The summed E-state index contributed by atoms with van der Waals surface area (Å²) in [7, 11) is 0. The highest BCUT2D eigenvalue weighted by molar-refractivity contribution is 8.27. The van der Waals surface area contributed by atoms with Crippen molar-refractivity contribution in [2.45, 2.75) is 20.8 Å². The Morgan fingerprint density at radius 1 is 0.947 bits per heavy atom. The van der Waals surface area contributed by atoms with E-state index < -0.39 is 0 Å². The van der Waals surface area contributed by atoms with Crippen molar-refractivity contribution in [1.29, 1.82) is 0 Å². The van der Waals surface area contributed by atoms with Gasteiger partial charge in [0.2, 0.25) is 0 Å². The maximum atomic E-state index is 13.1. The summed E-state index contributed by atoms with van der Waals surface area (Å²) in [6.07, 6.45) is 1.78. The average molecular weight is 549 g/mol. The zero-order valence-electron chi connectivity index (χ0n) is 21.4. The SMILES string of the molecule is CCOc1ccc(NC(=O)COc2ccc(/C=C3\SC(=S)N(c4ccc(C)cc4)C3=O)cc2OCC)cc1. The highest BCUT2D eigenvalue weighted by Gasteiger charge is 2.33. The van der Waals surface area contributed by atoms with Crippen LogP contribution in [0.2, 0.25) is 0 Å². The first-order valence-corrected chi connectivity index (χ1v) is 13.4. The highest BCUT2D eigenvalue weighted by atomic mass is 32.2. The number of anilines is 2. The van der Waals surface area contributed by atoms with Gasteiger partial charge in [-0.2, -0.15) is 0 Å². The lowest BCUT2D eigenvalue weighted by Gasteiger charge is -2.14. The van der Waals surface area contributed by atoms with E-state index in [-0.39, 0.29) is 18.4 Å². The van der Waals surface area contributed by atoms with Crippen LogP contribution >= 0.6 is 24.0 Å². The molecule has 0 saturated carbocycles. The summed E-state index contributed by atoms with van der Waals surface area (Å²) < 4.78 is 17.4. The van der Waals surface area contributed by atoms with Gasteiger partial charge >= 0.3 is 0 Å². The van der Waals surface area contributed by atoms with Crippen LogP contribution in [0.4, 0.5) is 11.4 Å². The van der Waals surface area contributed by atoms with Crippen molar-refractivity contribution in [2.75, 3.05) is 30.0 Å². The molecule has 1 N–H and O–H groups in total. The fourth-order valence-corrected chi connectivity index (χ4v) is 4.98. The molecule has 3 aromatic rings. The number of carbonyl (C=O) groups is 2. The van der Waals surface area contributed by atoms with Crippen LogP contribution in [-0.4, -0.2) is 36.0 Å². The van der Waals surface area contributed by atoms with Crippen LogP contribution in [0.5, 0.6) is 17.2 Å². The first kappa shape index (κ1) is 27.2. The first-order valence-electron chi connectivity index (χ1n) is 12.1. The van der Waals surface area contributed by atoms with Gasteiger partial charge in [0.15, 0.2) is 22.4 Å². The van der Waals surface area contributed by atoms with Crippen molar-refractivity contribution < 1.29 is 23.8 Å². The van der Waals surface area contributed by atoms with Crippen LogP contribution in [0, 0.1) is 6.92 Å². The first-order chi connectivity index (χ1) is 18.4. The van der Waals surface area contributed by atoms with Gasteiger partial charge in [0.1, 0.15) is 5.75 Å². The fourth-order valence-electron chi connectivity index (χ4n) is 3.68. The largest absolute Gasteiger partial charge is 0.494 e. The third kappa shape index (κ3) is 6.73. The summed E-state index contributed by atoms with van der Waals surface area (Å²) in [5.74, 6) is 1.16. The van der Waals surface area contributed by atoms with E-state index in [4.69, 9.17) is 26.4 Å². The second-order valence-corrected chi connectivity index (χ2v) is 9.96. The molecule has 0 atom stereocenters. The quantitative estimate of drug-likeness (QED) is 0.238. The molecule has 1 fully saturated rings. The standard InChI is InChI=1S/C29H28N2O5S2/c1-4-34-23-13-9-21(10-14-23)30-27(32)18-36-24-15-8-20(16-25(24)35-5-2)17-26-28(33)31(29(37)38-26)22-11-6-19(3)7-12-22/h6-17H,4-5,18H2,1-3H3,(H,30,32)/b26-17-. The van der Waals surface area contributed by atoms with E-state index in [0.717, 1.165) is 22.6 Å². The molecule has 38 heavy (non-hydrogen) atoms. The Bertz CT molecular complexity index is 1350. The lowest BCUT2D eigenvalue weighted by Crippen LogP contribution is -2.27. The molecule has 1 aliphatic heterocycles. The number of aryl methyl sites for hydroxylation is 1. The summed E-state index contributed by atoms with van der Waals surface area (Å²) in [6, 6.07) is 20.1. The van der Waals surface area contributed by atoms with Crippen molar-refractivity contribution in [2.24, 2.45) is 0 Å². The minimum atomic E-state index is -0.305. The smallest absolute Gasteiger partial charge is 0.270 e. The monoisotopic (exact) mass is 548 g/mol. The lowest BCUT2D eigenvalue weighted by atomic mass is 10.1. The average Bonchev–Trinajstić information content (AvgIpc) is 3.18. The molecular formula is C29H28N2O5S2. The van der Waals surface area contributed by atoms with Crippen LogP contribution in [-0.2, 0) is 9.59 Å². The van der Waals surface area contributed by atoms with Gasteiger partial charge in [0.05, 0.1) is 23.8 Å². The third-order valence-corrected chi connectivity index (χ3v) is 6.76. The Balaban J connectivity index is 1.43. The van der Waals surface area contributed by atoms with E-state index in [2.05, 4.69) is 5.32 Å². The molecule has 1 saturated heterocycles. The Kier molecular flexibility index (Phi) is 9.04. The number of hydrogen-bond acceptors (Lipinski definition) is 7. The molecule has 1 heterocycles. The molecule has 196 valence electrons. The highest BCUT2D eigenvalue weighted by Crippen LogP contribution is 2.37. The van der Waals surface area contributed by atoms with Crippen molar-refractivity contribution in [3.05, 3.63) is 82.8 Å². The number of amides is 2. The van der Waals surface area contributed by atoms with Crippen molar-refractivity contribution in [3.8, 4) is 17.2 Å². The topological polar surface area (TPSA) is 77.1 Å². The van der Waals surface area contributed by atoms with Crippen molar-refractivity contribution in [3.63, 3.8) is 0 Å². The summed E-state index contributed by atoms with van der Waals surface area (Å²) in [5.41, 5.74) is 3.24. The Labute approximate surface area is 231 Å². The van der Waals surface area contributed by atoms with Crippen LogP contribution in [0.15, 0.2) is 71.6 Å². The number of rotatable bonds is 10. The number of ether oxygens (including phenoxy) is 3. The van der Waals surface area contributed by atoms with Gasteiger partial charge in [-0.3, -0.25) is 14.5 Å². The summed E-state index contributed by atoms with van der Waals surface area (Å²) in [6.45, 7) is 6.56. The van der Waals surface area contributed by atoms with Gasteiger partial charge in [-0.15, -0.1) is 0 Å². The molecule has 0 aliphatic carbocycles. The van der Waals surface area contributed by atoms with E-state index >= 15 is 0 Å². The van der Waals surface area contributed by atoms with Gasteiger partial charge in [-0.25, -0.2) is 0 Å². The number of nitrogens with one attached hydrogen (secondary N) is 1. The van der Waals surface area contributed by atoms with E-state index in [1.807, 2.05) is 45.0 Å². The minimum Gasteiger partial charge on any atom is -0.494 e. The van der Waals surface area contributed by atoms with Crippen molar-refractivity contribution >= 4 is 57.6 Å². The van der Waals surface area contributed by atoms with Gasteiger partial charge in [-0.05, 0) is 80.9 Å². The molecule has 0 aromatic heterocycles.